The number of hydrogen-bond donors (Lipinski definition) is 1. The molecule has 0 unspecified atom stereocenters. The molecule has 1 heterocycles. The van der Waals surface area contributed by atoms with E-state index >= 15 is 0 Å². The van der Waals surface area contributed by atoms with E-state index in [4.69, 9.17) is 4.74 Å². The van der Waals surface area contributed by atoms with Crippen LogP contribution in [0.5, 0.6) is 0 Å². The lowest BCUT2D eigenvalue weighted by molar-refractivity contribution is 0.0736. The van der Waals surface area contributed by atoms with Crippen molar-refractivity contribution in [3.63, 3.8) is 0 Å². The summed E-state index contributed by atoms with van der Waals surface area (Å²) in [6, 6.07) is 0. The normalized spacial score (nSPS) is 19.7. The van der Waals surface area contributed by atoms with Crippen LogP contribution in [-0.2, 0) is 4.74 Å². The molecule has 0 fully saturated rings. The molecule has 1 aliphatic heterocycles. The summed E-state index contributed by atoms with van der Waals surface area (Å²) in [5, 5.41) is 10.3. The first kappa shape index (κ1) is 12.2. The zero-order valence-electron chi connectivity index (χ0n) is 10.1. The number of aliphatic imine (C=N–C) groups is 1. The highest BCUT2D eigenvalue weighted by atomic mass is 16.5. The van der Waals surface area contributed by atoms with Crippen molar-refractivity contribution in [2.75, 3.05) is 6.61 Å². The first-order valence-electron chi connectivity index (χ1n) is 5.49. The second-order valence-electron chi connectivity index (χ2n) is 4.74. The van der Waals surface area contributed by atoms with Crippen LogP contribution in [0.1, 0.15) is 40.5 Å². The molecule has 0 bridgehead atoms. The fourth-order valence-corrected chi connectivity index (χ4v) is 1.61. The summed E-state index contributed by atoms with van der Waals surface area (Å²) >= 11 is 0. The van der Waals surface area contributed by atoms with Crippen molar-refractivity contribution >= 4 is 5.90 Å². The van der Waals surface area contributed by atoms with Gasteiger partial charge in [0, 0.05) is 5.57 Å². The number of hydrogen-bond acceptors (Lipinski definition) is 3. The molecule has 0 aromatic heterocycles. The summed E-state index contributed by atoms with van der Waals surface area (Å²) in [4.78, 5) is 4.42. The monoisotopic (exact) mass is 211 g/mol. The predicted octanol–water partition coefficient (Wildman–Crippen LogP) is 2.30. The zero-order chi connectivity index (χ0) is 11.7. The van der Waals surface area contributed by atoms with Gasteiger partial charge in [-0.2, -0.15) is 0 Å². The molecule has 0 radical (unpaired) electrons. The van der Waals surface area contributed by atoms with E-state index in [2.05, 4.69) is 11.6 Å². The van der Waals surface area contributed by atoms with E-state index in [0.29, 0.717) is 30.9 Å². The Kier molecular flexibility index (Phi) is 3.24. The molecule has 1 N–H and O–H groups in total. The highest BCUT2D eigenvalue weighted by Crippen LogP contribution is 2.29. The molecule has 0 saturated heterocycles. The molecule has 1 rings (SSSR count). The van der Waals surface area contributed by atoms with Crippen LogP contribution in [-0.4, -0.2) is 28.8 Å². The molecule has 0 aliphatic carbocycles. The van der Waals surface area contributed by atoms with Gasteiger partial charge in [0.15, 0.2) is 0 Å². The van der Waals surface area contributed by atoms with Gasteiger partial charge in [-0.3, -0.25) is 0 Å². The van der Waals surface area contributed by atoms with Crippen molar-refractivity contribution in [1.29, 1.82) is 0 Å². The summed E-state index contributed by atoms with van der Waals surface area (Å²) in [6.45, 7) is 12.4. The quantitative estimate of drug-likeness (QED) is 0.775. The standard InChI is InChI=1S/C12H21NO2/c1-6-12(14,7-2)9(3)10-13-11(4,5)8-15-10/h14H,3,6-8H2,1-2,4-5H3. The molecular weight excluding hydrogens is 190 g/mol. The van der Waals surface area contributed by atoms with Gasteiger partial charge in [-0.05, 0) is 26.7 Å². The summed E-state index contributed by atoms with van der Waals surface area (Å²) < 4.78 is 5.47. The molecule has 0 atom stereocenters. The molecule has 0 aromatic rings. The molecule has 86 valence electrons. The lowest BCUT2D eigenvalue weighted by Gasteiger charge is -2.26. The fourth-order valence-electron chi connectivity index (χ4n) is 1.61. The zero-order valence-corrected chi connectivity index (χ0v) is 10.1. The Hall–Kier alpha value is -0.830. The van der Waals surface area contributed by atoms with Crippen LogP contribution >= 0.6 is 0 Å². The van der Waals surface area contributed by atoms with Gasteiger partial charge in [0.2, 0.25) is 5.90 Å². The van der Waals surface area contributed by atoms with Gasteiger partial charge in [-0.25, -0.2) is 4.99 Å². The van der Waals surface area contributed by atoms with Crippen LogP contribution in [0, 0.1) is 0 Å². The minimum absolute atomic E-state index is 0.194. The van der Waals surface area contributed by atoms with E-state index in [1.165, 1.54) is 0 Å². The molecule has 15 heavy (non-hydrogen) atoms. The van der Waals surface area contributed by atoms with Gasteiger partial charge < -0.3 is 9.84 Å². The number of aliphatic hydroxyl groups is 1. The Morgan fingerprint density at radius 3 is 2.40 bits per heavy atom. The van der Waals surface area contributed by atoms with Crippen molar-refractivity contribution in [3.05, 3.63) is 12.2 Å². The van der Waals surface area contributed by atoms with Crippen LogP contribution in [0.3, 0.4) is 0 Å². The minimum atomic E-state index is -0.876. The Balaban J connectivity index is 2.87. The third-order valence-electron chi connectivity index (χ3n) is 2.96. The maximum absolute atomic E-state index is 10.3. The second kappa shape index (κ2) is 3.97. The van der Waals surface area contributed by atoms with Crippen molar-refractivity contribution in [2.45, 2.75) is 51.7 Å². The van der Waals surface area contributed by atoms with Crippen LogP contribution in [0.15, 0.2) is 17.1 Å². The average molecular weight is 211 g/mol. The first-order chi connectivity index (χ1) is 6.84. The lowest BCUT2D eigenvalue weighted by atomic mass is 9.89. The maximum Gasteiger partial charge on any atom is 0.214 e. The van der Waals surface area contributed by atoms with E-state index in [-0.39, 0.29) is 5.54 Å². The lowest BCUT2D eigenvalue weighted by Crippen LogP contribution is -2.33. The van der Waals surface area contributed by atoms with Gasteiger partial charge >= 0.3 is 0 Å². The van der Waals surface area contributed by atoms with Gasteiger partial charge in [0.25, 0.3) is 0 Å². The van der Waals surface area contributed by atoms with Crippen molar-refractivity contribution in [2.24, 2.45) is 4.99 Å². The van der Waals surface area contributed by atoms with Crippen molar-refractivity contribution in [3.8, 4) is 0 Å². The van der Waals surface area contributed by atoms with Crippen LogP contribution in [0.25, 0.3) is 0 Å². The smallest absolute Gasteiger partial charge is 0.214 e. The number of rotatable bonds is 4. The first-order valence-corrected chi connectivity index (χ1v) is 5.49. The van der Waals surface area contributed by atoms with Gasteiger partial charge in [-0.1, -0.05) is 20.4 Å². The summed E-state index contributed by atoms with van der Waals surface area (Å²) in [5.74, 6) is 0.520. The molecular formula is C12H21NO2. The Morgan fingerprint density at radius 2 is 2.07 bits per heavy atom. The molecule has 0 aromatic carbocycles. The third-order valence-corrected chi connectivity index (χ3v) is 2.96. The van der Waals surface area contributed by atoms with Crippen LogP contribution in [0.4, 0.5) is 0 Å². The topological polar surface area (TPSA) is 41.8 Å². The third kappa shape index (κ3) is 2.40. The minimum Gasteiger partial charge on any atom is -0.475 e. The molecule has 0 spiro atoms. The van der Waals surface area contributed by atoms with Crippen LogP contribution < -0.4 is 0 Å². The van der Waals surface area contributed by atoms with Crippen LogP contribution in [0.2, 0.25) is 0 Å². The molecule has 3 nitrogen and oxygen atoms in total. The van der Waals surface area contributed by atoms with E-state index in [0.717, 1.165) is 0 Å². The predicted molar refractivity (Wildman–Crippen MR) is 62.1 cm³/mol. The summed E-state index contributed by atoms with van der Waals surface area (Å²) in [6.07, 6.45) is 1.26. The van der Waals surface area contributed by atoms with Gasteiger partial charge in [0.1, 0.15) is 6.61 Å². The van der Waals surface area contributed by atoms with Crippen molar-refractivity contribution in [1.82, 2.24) is 0 Å². The van der Waals surface area contributed by atoms with E-state index in [9.17, 15) is 5.11 Å². The molecule has 0 amide bonds. The average Bonchev–Trinajstić information content (AvgIpc) is 2.56. The SMILES string of the molecule is C=C(C1=NC(C)(C)CO1)C(O)(CC)CC. The molecule has 1 aliphatic rings. The van der Waals surface area contributed by atoms with E-state index in [1.54, 1.807) is 0 Å². The fraction of sp³-hybridized carbons (Fsp3) is 0.750. The second-order valence-corrected chi connectivity index (χ2v) is 4.74. The Morgan fingerprint density at radius 1 is 1.53 bits per heavy atom. The number of nitrogens with zero attached hydrogens (tertiary/aromatic N) is 1. The summed E-state index contributed by atoms with van der Waals surface area (Å²) in [7, 11) is 0. The highest BCUT2D eigenvalue weighted by molar-refractivity contribution is 5.96. The van der Waals surface area contributed by atoms with E-state index in [1.807, 2.05) is 27.7 Å². The molecule has 3 heteroatoms. The highest BCUT2D eigenvalue weighted by Gasteiger charge is 2.35. The summed E-state index contributed by atoms with van der Waals surface area (Å²) in [5.41, 5.74) is -0.460. The van der Waals surface area contributed by atoms with Gasteiger partial charge in [0.05, 0.1) is 11.1 Å². The molecule has 0 saturated carbocycles. The largest absolute Gasteiger partial charge is 0.475 e. The Labute approximate surface area is 91.9 Å². The van der Waals surface area contributed by atoms with Gasteiger partial charge in [-0.15, -0.1) is 0 Å². The number of ether oxygens (including phenoxy) is 1. The maximum atomic E-state index is 10.3. The van der Waals surface area contributed by atoms with E-state index < -0.39 is 5.60 Å². The Bertz CT molecular complexity index is 288. The van der Waals surface area contributed by atoms with Crippen molar-refractivity contribution < 1.29 is 9.84 Å².